The standard InChI is InChI=1S/C9H9FN2/c1-3-9(11)7-4-8(10)6(2)12-5-7/h1,4-5,9H,11H2,2H3. The van der Waals surface area contributed by atoms with E-state index in [0.717, 1.165) is 0 Å². The third kappa shape index (κ3) is 1.60. The normalized spacial score (nSPS) is 12.2. The molecule has 62 valence electrons. The zero-order valence-electron chi connectivity index (χ0n) is 6.71. The molecule has 3 heteroatoms. The minimum Gasteiger partial charge on any atom is -0.314 e. The quantitative estimate of drug-likeness (QED) is 0.632. The topological polar surface area (TPSA) is 38.9 Å². The molecule has 0 spiro atoms. The van der Waals surface area contributed by atoms with Crippen molar-refractivity contribution in [3.8, 4) is 12.3 Å². The van der Waals surface area contributed by atoms with Gasteiger partial charge in [0.2, 0.25) is 0 Å². The second-order valence-electron chi connectivity index (χ2n) is 2.48. The van der Waals surface area contributed by atoms with Crippen molar-refractivity contribution in [1.82, 2.24) is 4.98 Å². The summed E-state index contributed by atoms with van der Waals surface area (Å²) in [7, 11) is 0. The summed E-state index contributed by atoms with van der Waals surface area (Å²) in [5.41, 5.74) is 6.35. The summed E-state index contributed by atoms with van der Waals surface area (Å²) < 4.78 is 12.9. The molecule has 2 N–H and O–H groups in total. The van der Waals surface area contributed by atoms with Gasteiger partial charge in [0.25, 0.3) is 0 Å². The van der Waals surface area contributed by atoms with Crippen LogP contribution in [0.3, 0.4) is 0 Å². The van der Waals surface area contributed by atoms with E-state index in [1.807, 2.05) is 0 Å². The maximum absolute atomic E-state index is 12.9. The molecule has 0 radical (unpaired) electrons. The zero-order valence-corrected chi connectivity index (χ0v) is 6.71. The number of pyridine rings is 1. The van der Waals surface area contributed by atoms with E-state index in [-0.39, 0.29) is 5.82 Å². The van der Waals surface area contributed by atoms with Crippen LogP contribution in [0, 0.1) is 25.1 Å². The van der Waals surface area contributed by atoms with E-state index in [9.17, 15) is 4.39 Å². The Hall–Kier alpha value is -1.40. The molecule has 0 amide bonds. The Kier molecular flexibility index (Phi) is 2.41. The molecule has 0 saturated carbocycles. The van der Waals surface area contributed by atoms with E-state index in [1.165, 1.54) is 12.3 Å². The summed E-state index contributed by atoms with van der Waals surface area (Å²) in [6, 6.07) is 0.736. The molecule has 0 fully saturated rings. The van der Waals surface area contributed by atoms with Crippen molar-refractivity contribution < 1.29 is 4.39 Å². The lowest BCUT2D eigenvalue weighted by Crippen LogP contribution is -2.08. The molecule has 0 bridgehead atoms. The Balaban J connectivity index is 3.06. The number of hydrogen-bond acceptors (Lipinski definition) is 2. The third-order valence-electron chi connectivity index (χ3n) is 1.58. The van der Waals surface area contributed by atoms with Crippen LogP contribution >= 0.6 is 0 Å². The molecule has 0 aliphatic rings. The molecule has 0 aromatic carbocycles. The van der Waals surface area contributed by atoms with Gasteiger partial charge in [-0.1, -0.05) is 5.92 Å². The Morgan fingerprint density at radius 3 is 2.92 bits per heavy atom. The predicted molar refractivity (Wildman–Crippen MR) is 44.7 cm³/mol. The van der Waals surface area contributed by atoms with Crippen LogP contribution < -0.4 is 5.73 Å². The molecule has 0 aliphatic heterocycles. The summed E-state index contributed by atoms with van der Waals surface area (Å²) in [6.45, 7) is 1.58. The molecule has 1 heterocycles. The summed E-state index contributed by atoms with van der Waals surface area (Å²) >= 11 is 0. The van der Waals surface area contributed by atoms with Gasteiger partial charge in [-0.25, -0.2) is 4.39 Å². The van der Waals surface area contributed by atoms with E-state index in [2.05, 4.69) is 10.9 Å². The lowest BCUT2D eigenvalue weighted by molar-refractivity contribution is 0.605. The maximum Gasteiger partial charge on any atom is 0.144 e. The molecule has 1 rings (SSSR count). The number of hydrogen-bond donors (Lipinski definition) is 1. The van der Waals surface area contributed by atoms with E-state index in [0.29, 0.717) is 11.3 Å². The fourth-order valence-corrected chi connectivity index (χ4v) is 0.787. The van der Waals surface area contributed by atoms with Crippen molar-refractivity contribution in [2.24, 2.45) is 5.73 Å². The van der Waals surface area contributed by atoms with Crippen molar-refractivity contribution in [2.75, 3.05) is 0 Å². The lowest BCUT2D eigenvalue weighted by atomic mass is 10.1. The highest BCUT2D eigenvalue weighted by atomic mass is 19.1. The van der Waals surface area contributed by atoms with Crippen molar-refractivity contribution in [2.45, 2.75) is 13.0 Å². The first-order valence-electron chi connectivity index (χ1n) is 3.49. The minimum absolute atomic E-state index is 0.350. The van der Waals surface area contributed by atoms with Gasteiger partial charge >= 0.3 is 0 Å². The van der Waals surface area contributed by atoms with E-state index in [4.69, 9.17) is 12.2 Å². The van der Waals surface area contributed by atoms with Crippen LogP contribution in [0.4, 0.5) is 4.39 Å². The van der Waals surface area contributed by atoms with Crippen LogP contribution in [0.5, 0.6) is 0 Å². The van der Waals surface area contributed by atoms with Crippen LogP contribution in [-0.4, -0.2) is 4.98 Å². The molecule has 1 aromatic rings. The zero-order chi connectivity index (χ0) is 9.14. The SMILES string of the molecule is C#CC(N)c1cnc(C)c(F)c1. The smallest absolute Gasteiger partial charge is 0.144 e. The third-order valence-corrected chi connectivity index (χ3v) is 1.58. The van der Waals surface area contributed by atoms with E-state index >= 15 is 0 Å². The van der Waals surface area contributed by atoms with Crippen LogP contribution in [0.25, 0.3) is 0 Å². The van der Waals surface area contributed by atoms with Gasteiger partial charge < -0.3 is 5.73 Å². The van der Waals surface area contributed by atoms with Gasteiger partial charge in [-0.2, -0.15) is 0 Å². The number of terminal acetylenes is 1. The first kappa shape index (κ1) is 8.69. The van der Waals surface area contributed by atoms with Crippen LogP contribution in [0.1, 0.15) is 17.3 Å². The van der Waals surface area contributed by atoms with Crippen molar-refractivity contribution in [3.05, 3.63) is 29.3 Å². The molecular weight excluding hydrogens is 155 g/mol. The second-order valence-corrected chi connectivity index (χ2v) is 2.48. The number of nitrogens with two attached hydrogens (primary N) is 1. The fraction of sp³-hybridized carbons (Fsp3) is 0.222. The van der Waals surface area contributed by atoms with Gasteiger partial charge in [-0.3, -0.25) is 4.98 Å². The Morgan fingerprint density at radius 2 is 2.42 bits per heavy atom. The van der Waals surface area contributed by atoms with Gasteiger partial charge in [0.15, 0.2) is 0 Å². The van der Waals surface area contributed by atoms with Crippen LogP contribution in [-0.2, 0) is 0 Å². The van der Waals surface area contributed by atoms with Crippen LogP contribution in [0.2, 0.25) is 0 Å². The van der Waals surface area contributed by atoms with Crippen molar-refractivity contribution >= 4 is 0 Å². The molecule has 0 aliphatic carbocycles. The highest BCUT2D eigenvalue weighted by Crippen LogP contribution is 2.11. The number of nitrogens with zero attached hydrogens (tertiary/aromatic N) is 1. The fourth-order valence-electron chi connectivity index (χ4n) is 0.787. The van der Waals surface area contributed by atoms with Gasteiger partial charge in [-0.05, 0) is 13.0 Å². The number of aryl methyl sites for hydroxylation is 1. The first-order chi connectivity index (χ1) is 5.65. The van der Waals surface area contributed by atoms with Crippen molar-refractivity contribution in [1.29, 1.82) is 0 Å². The Bertz CT molecular complexity index is 328. The number of halogens is 1. The average molecular weight is 164 g/mol. The highest BCUT2D eigenvalue weighted by molar-refractivity contribution is 5.24. The average Bonchev–Trinajstić information content (AvgIpc) is 2.08. The summed E-state index contributed by atoms with van der Waals surface area (Å²) in [6.07, 6.45) is 6.56. The molecular formula is C9H9FN2. The molecule has 12 heavy (non-hydrogen) atoms. The highest BCUT2D eigenvalue weighted by Gasteiger charge is 2.05. The second kappa shape index (κ2) is 3.33. The first-order valence-corrected chi connectivity index (χ1v) is 3.49. The van der Waals surface area contributed by atoms with Gasteiger partial charge in [0.1, 0.15) is 5.82 Å². The monoisotopic (exact) mass is 164 g/mol. The molecule has 1 unspecified atom stereocenters. The van der Waals surface area contributed by atoms with E-state index in [1.54, 1.807) is 6.92 Å². The molecule has 1 aromatic heterocycles. The minimum atomic E-state index is -0.576. The summed E-state index contributed by atoms with van der Waals surface area (Å²) in [5, 5.41) is 0. The van der Waals surface area contributed by atoms with Crippen LogP contribution in [0.15, 0.2) is 12.3 Å². The largest absolute Gasteiger partial charge is 0.314 e. The lowest BCUT2D eigenvalue weighted by Gasteiger charge is -2.04. The number of aromatic nitrogens is 1. The Labute approximate surface area is 70.6 Å². The molecule has 0 saturated heterocycles. The Morgan fingerprint density at radius 1 is 1.75 bits per heavy atom. The summed E-state index contributed by atoms with van der Waals surface area (Å²) in [5.74, 6) is 1.92. The molecule has 1 atom stereocenters. The van der Waals surface area contributed by atoms with Gasteiger partial charge in [-0.15, -0.1) is 6.42 Å². The van der Waals surface area contributed by atoms with Gasteiger partial charge in [0, 0.05) is 11.8 Å². The molecule has 2 nitrogen and oxygen atoms in total. The maximum atomic E-state index is 12.9. The predicted octanol–water partition coefficient (Wildman–Crippen LogP) is 1.16. The number of rotatable bonds is 1. The van der Waals surface area contributed by atoms with E-state index < -0.39 is 6.04 Å². The van der Waals surface area contributed by atoms with Gasteiger partial charge in [0.05, 0.1) is 11.7 Å². The van der Waals surface area contributed by atoms with Crippen molar-refractivity contribution in [3.63, 3.8) is 0 Å². The summed E-state index contributed by atoms with van der Waals surface area (Å²) in [4.78, 5) is 3.80.